The molecule has 1 amide bonds. The number of carbonyl (C=O) groups excluding carboxylic acids is 1. The van der Waals surface area contributed by atoms with Gasteiger partial charge in [0.15, 0.2) is 16.6 Å². The fraction of sp³-hybridized carbons (Fsp3) is 0.333. The fourth-order valence-electron chi connectivity index (χ4n) is 3.62. The number of hydrogen-bond acceptors (Lipinski definition) is 6. The number of thiazole rings is 1. The minimum atomic E-state index is -0.0328. The van der Waals surface area contributed by atoms with Crippen LogP contribution < -0.4 is 14.4 Å². The number of ether oxygens (including phenoxy) is 3. The highest BCUT2D eigenvalue weighted by Crippen LogP contribution is 2.35. The Kier molecular flexibility index (Phi) is 5.03. The zero-order valence-electron chi connectivity index (χ0n) is 15.6. The zero-order chi connectivity index (χ0) is 19.8. The van der Waals surface area contributed by atoms with E-state index in [9.17, 15) is 4.79 Å². The smallest absolute Gasteiger partial charge is 0.233 e. The quantitative estimate of drug-likeness (QED) is 0.599. The van der Waals surface area contributed by atoms with Gasteiger partial charge in [-0.25, -0.2) is 4.98 Å². The van der Waals surface area contributed by atoms with Crippen molar-refractivity contribution in [2.75, 3.05) is 24.8 Å². The van der Waals surface area contributed by atoms with Crippen molar-refractivity contribution >= 4 is 44.2 Å². The van der Waals surface area contributed by atoms with Crippen LogP contribution in [0, 0.1) is 0 Å². The van der Waals surface area contributed by atoms with Crippen LogP contribution >= 0.6 is 22.9 Å². The van der Waals surface area contributed by atoms with E-state index in [1.54, 1.807) is 4.90 Å². The van der Waals surface area contributed by atoms with Crippen LogP contribution in [0.4, 0.5) is 5.13 Å². The molecule has 0 bridgehead atoms. The molecule has 150 valence electrons. The van der Waals surface area contributed by atoms with Crippen molar-refractivity contribution in [3.63, 3.8) is 0 Å². The van der Waals surface area contributed by atoms with Crippen LogP contribution in [0.5, 0.6) is 11.5 Å². The van der Waals surface area contributed by atoms with Crippen LogP contribution in [0.25, 0.3) is 10.2 Å². The predicted molar refractivity (Wildman–Crippen MR) is 112 cm³/mol. The summed E-state index contributed by atoms with van der Waals surface area (Å²) in [6.45, 7) is 1.44. The molecule has 2 aromatic carbocycles. The van der Waals surface area contributed by atoms with Gasteiger partial charge in [0, 0.05) is 6.61 Å². The Balaban J connectivity index is 1.44. The molecule has 29 heavy (non-hydrogen) atoms. The van der Waals surface area contributed by atoms with Gasteiger partial charge in [-0.3, -0.25) is 9.69 Å². The molecule has 0 radical (unpaired) electrons. The predicted octanol–water partition coefficient (Wildman–Crippen LogP) is 4.43. The standard InChI is InChI=1S/C21H19ClN2O4S/c22-15-4-1-5-18-20(15)23-21(29-18)24(11-14-3-2-8-26-14)19(25)10-13-6-7-16-17(9-13)28-12-27-16/h1,4-7,9,14H,2-3,8,10-12H2. The van der Waals surface area contributed by atoms with Crippen LogP contribution in [-0.4, -0.2) is 36.9 Å². The number of fused-ring (bicyclic) bond motifs is 2. The number of hydrogen-bond donors (Lipinski definition) is 0. The lowest BCUT2D eigenvalue weighted by molar-refractivity contribution is -0.118. The molecule has 1 saturated heterocycles. The van der Waals surface area contributed by atoms with Gasteiger partial charge in [-0.05, 0) is 42.7 Å². The normalized spacial score (nSPS) is 17.8. The molecule has 6 nitrogen and oxygen atoms in total. The molecule has 1 aromatic heterocycles. The molecule has 0 aliphatic carbocycles. The molecule has 0 N–H and O–H groups in total. The van der Waals surface area contributed by atoms with Gasteiger partial charge < -0.3 is 14.2 Å². The molecule has 2 aliphatic rings. The minimum absolute atomic E-state index is 0.0261. The number of carbonyl (C=O) groups is 1. The van der Waals surface area contributed by atoms with E-state index in [1.807, 2.05) is 36.4 Å². The third-order valence-electron chi connectivity index (χ3n) is 5.09. The second kappa shape index (κ2) is 7.82. The Morgan fingerprint density at radius 3 is 2.97 bits per heavy atom. The summed E-state index contributed by atoms with van der Waals surface area (Å²) >= 11 is 7.77. The molecular weight excluding hydrogens is 412 g/mol. The molecule has 1 unspecified atom stereocenters. The number of aromatic nitrogens is 1. The third kappa shape index (κ3) is 3.77. The van der Waals surface area contributed by atoms with E-state index in [4.69, 9.17) is 25.8 Å². The van der Waals surface area contributed by atoms with Crippen LogP contribution in [0.1, 0.15) is 18.4 Å². The average molecular weight is 431 g/mol. The Morgan fingerprint density at radius 2 is 2.14 bits per heavy atom. The molecule has 0 spiro atoms. The first-order valence-corrected chi connectivity index (χ1v) is 10.7. The summed E-state index contributed by atoms with van der Waals surface area (Å²) in [4.78, 5) is 19.7. The third-order valence-corrected chi connectivity index (χ3v) is 6.44. The summed E-state index contributed by atoms with van der Waals surface area (Å²) < 4.78 is 17.5. The summed E-state index contributed by atoms with van der Waals surface area (Å²) in [5.74, 6) is 1.35. The molecule has 2 aliphatic heterocycles. The Labute approximate surface area is 177 Å². The lowest BCUT2D eigenvalue weighted by atomic mass is 10.1. The maximum Gasteiger partial charge on any atom is 0.233 e. The number of benzene rings is 2. The van der Waals surface area contributed by atoms with Gasteiger partial charge in [-0.2, -0.15) is 0 Å². The maximum atomic E-state index is 13.3. The molecule has 5 rings (SSSR count). The maximum absolute atomic E-state index is 13.3. The number of amides is 1. The van der Waals surface area contributed by atoms with Gasteiger partial charge in [0.25, 0.3) is 0 Å². The molecule has 0 saturated carbocycles. The van der Waals surface area contributed by atoms with Crippen molar-refractivity contribution in [3.8, 4) is 11.5 Å². The van der Waals surface area contributed by atoms with E-state index in [0.29, 0.717) is 28.2 Å². The molecule has 8 heteroatoms. The van der Waals surface area contributed by atoms with E-state index in [-0.39, 0.29) is 25.2 Å². The molecule has 3 aromatic rings. The van der Waals surface area contributed by atoms with Gasteiger partial charge in [-0.15, -0.1) is 0 Å². The van der Waals surface area contributed by atoms with Gasteiger partial charge in [0.1, 0.15) is 5.52 Å². The monoisotopic (exact) mass is 430 g/mol. The van der Waals surface area contributed by atoms with Crippen LogP contribution in [-0.2, 0) is 16.0 Å². The summed E-state index contributed by atoms with van der Waals surface area (Å²) in [6.07, 6.45) is 2.23. The second-order valence-electron chi connectivity index (χ2n) is 7.09. The highest BCUT2D eigenvalue weighted by Gasteiger charge is 2.27. The minimum Gasteiger partial charge on any atom is -0.454 e. The molecule has 1 atom stereocenters. The molecular formula is C21H19ClN2O4S. The summed E-state index contributed by atoms with van der Waals surface area (Å²) in [5, 5.41) is 1.24. The van der Waals surface area contributed by atoms with E-state index >= 15 is 0 Å². The lowest BCUT2D eigenvalue weighted by Crippen LogP contribution is -2.38. The Bertz CT molecular complexity index is 1060. The fourth-order valence-corrected chi connectivity index (χ4v) is 4.91. The van der Waals surface area contributed by atoms with Crippen molar-refractivity contribution < 1.29 is 19.0 Å². The average Bonchev–Trinajstić information content (AvgIpc) is 3.46. The van der Waals surface area contributed by atoms with Crippen LogP contribution in [0.3, 0.4) is 0 Å². The first-order chi connectivity index (χ1) is 14.2. The highest BCUT2D eigenvalue weighted by atomic mass is 35.5. The number of para-hydroxylation sites is 1. The summed E-state index contributed by atoms with van der Waals surface area (Å²) in [5.41, 5.74) is 1.60. The molecule has 1 fully saturated rings. The number of halogens is 1. The largest absolute Gasteiger partial charge is 0.454 e. The first kappa shape index (κ1) is 18.7. The SMILES string of the molecule is O=C(Cc1ccc2c(c1)OCO2)N(CC1CCCO1)c1nc2c(Cl)cccc2s1. The lowest BCUT2D eigenvalue weighted by Gasteiger charge is -2.23. The topological polar surface area (TPSA) is 60.9 Å². The summed E-state index contributed by atoms with van der Waals surface area (Å²) in [7, 11) is 0. The van der Waals surface area contributed by atoms with E-state index in [2.05, 4.69) is 4.98 Å². The number of rotatable bonds is 5. The van der Waals surface area contributed by atoms with E-state index in [0.717, 1.165) is 35.2 Å². The van der Waals surface area contributed by atoms with Crippen molar-refractivity contribution in [1.29, 1.82) is 0 Å². The van der Waals surface area contributed by atoms with Crippen LogP contribution in [0.2, 0.25) is 5.02 Å². The second-order valence-corrected chi connectivity index (χ2v) is 8.50. The number of anilines is 1. The first-order valence-electron chi connectivity index (χ1n) is 9.53. The van der Waals surface area contributed by atoms with Gasteiger partial charge in [0.2, 0.25) is 12.7 Å². The highest BCUT2D eigenvalue weighted by molar-refractivity contribution is 7.22. The Morgan fingerprint density at radius 1 is 1.24 bits per heavy atom. The van der Waals surface area contributed by atoms with E-state index < -0.39 is 0 Å². The van der Waals surface area contributed by atoms with Gasteiger partial charge in [-0.1, -0.05) is 35.1 Å². The summed E-state index contributed by atoms with van der Waals surface area (Å²) in [6, 6.07) is 11.3. The Hall–Kier alpha value is -2.35. The zero-order valence-corrected chi connectivity index (χ0v) is 17.2. The van der Waals surface area contributed by atoms with Crippen molar-refractivity contribution in [2.45, 2.75) is 25.4 Å². The van der Waals surface area contributed by atoms with Crippen molar-refractivity contribution in [1.82, 2.24) is 4.98 Å². The number of nitrogens with zero attached hydrogens (tertiary/aromatic N) is 2. The van der Waals surface area contributed by atoms with Crippen molar-refractivity contribution in [2.24, 2.45) is 0 Å². The van der Waals surface area contributed by atoms with Gasteiger partial charge in [0.05, 0.1) is 28.8 Å². The van der Waals surface area contributed by atoms with Gasteiger partial charge >= 0.3 is 0 Å². The van der Waals surface area contributed by atoms with E-state index in [1.165, 1.54) is 11.3 Å². The van der Waals surface area contributed by atoms with Crippen molar-refractivity contribution in [3.05, 3.63) is 47.0 Å². The molecule has 3 heterocycles. The van der Waals surface area contributed by atoms with Crippen LogP contribution in [0.15, 0.2) is 36.4 Å².